The first-order valence-electron chi connectivity index (χ1n) is 7.81. The van der Waals surface area contributed by atoms with Crippen LogP contribution < -0.4 is 10.1 Å². The third-order valence-electron chi connectivity index (χ3n) is 3.36. The van der Waals surface area contributed by atoms with Crippen LogP contribution in [0.3, 0.4) is 0 Å². The minimum absolute atomic E-state index is 0.0295. The maximum absolute atomic E-state index is 13.5. The lowest BCUT2D eigenvalue weighted by Gasteiger charge is -2.14. The van der Waals surface area contributed by atoms with Crippen LogP contribution >= 0.6 is 0 Å². The number of aryl methyl sites for hydroxylation is 2. The highest BCUT2D eigenvalue weighted by Gasteiger charge is 2.19. The lowest BCUT2D eigenvalue weighted by atomic mass is 10.1. The molecule has 0 heterocycles. The second-order valence-corrected chi connectivity index (χ2v) is 5.71. The molecule has 0 spiro atoms. The summed E-state index contributed by atoms with van der Waals surface area (Å²) in [5.41, 5.74) is 2.06. The monoisotopic (exact) mass is 345 g/mol. The maximum Gasteiger partial charge on any atom is 0.344 e. The Morgan fingerprint density at radius 3 is 2.40 bits per heavy atom. The summed E-state index contributed by atoms with van der Waals surface area (Å²) in [5.74, 6) is -1.31. The first-order chi connectivity index (χ1) is 11.8. The zero-order chi connectivity index (χ0) is 18.4. The van der Waals surface area contributed by atoms with Crippen LogP contribution in [0.5, 0.6) is 5.75 Å². The van der Waals surface area contributed by atoms with E-state index in [0.29, 0.717) is 5.75 Å². The molecule has 2 aromatic carbocycles. The number of hydrogen-bond donors (Lipinski definition) is 1. The van der Waals surface area contributed by atoms with Crippen molar-refractivity contribution in [1.29, 1.82) is 0 Å². The number of rotatable bonds is 6. The van der Waals surface area contributed by atoms with E-state index in [1.165, 1.54) is 25.1 Å². The normalized spacial score (nSPS) is 11.5. The Kier molecular flexibility index (Phi) is 6.11. The van der Waals surface area contributed by atoms with Crippen molar-refractivity contribution in [2.45, 2.75) is 26.9 Å². The number of anilines is 1. The summed E-state index contributed by atoms with van der Waals surface area (Å²) in [4.78, 5) is 23.8. The predicted octanol–water partition coefficient (Wildman–Crippen LogP) is 3.39. The van der Waals surface area contributed by atoms with Crippen LogP contribution in [0.2, 0.25) is 0 Å². The maximum atomic E-state index is 13.5. The van der Waals surface area contributed by atoms with Gasteiger partial charge in [0.2, 0.25) is 0 Å². The molecule has 0 bridgehead atoms. The summed E-state index contributed by atoms with van der Waals surface area (Å²) >= 11 is 0. The van der Waals surface area contributed by atoms with Crippen molar-refractivity contribution in [3.63, 3.8) is 0 Å². The second-order valence-electron chi connectivity index (χ2n) is 5.71. The van der Waals surface area contributed by atoms with Gasteiger partial charge in [-0.05, 0) is 56.2 Å². The van der Waals surface area contributed by atoms with Gasteiger partial charge in [-0.3, -0.25) is 4.79 Å². The minimum atomic E-state index is -1.07. The fraction of sp³-hybridized carbons (Fsp3) is 0.263. The van der Waals surface area contributed by atoms with Gasteiger partial charge in [-0.25, -0.2) is 9.18 Å². The van der Waals surface area contributed by atoms with Gasteiger partial charge >= 0.3 is 5.97 Å². The minimum Gasteiger partial charge on any atom is -0.482 e. The number of amides is 1. The molecule has 0 unspecified atom stereocenters. The molecule has 0 aromatic heterocycles. The van der Waals surface area contributed by atoms with Gasteiger partial charge in [-0.2, -0.15) is 0 Å². The van der Waals surface area contributed by atoms with E-state index in [0.717, 1.165) is 11.1 Å². The third-order valence-corrected chi connectivity index (χ3v) is 3.36. The van der Waals surface area contributed by atoms with Crippen molar-refractivity contribution in [2.75, 3.05) is 11.9 Å². The SMILES string of the molecule is Cc1cc(C)cc(OCC(=O)O[C@@H](C)C(=O)Nc2ccccc2F)c1. The lowest BCUT2D eigenvalue weighted by Crippen LogP contribution is -2.31. The Bertz CT molecular complexity index is 756. The number of benzene rings is 2. The van der Waals surface area contributed by atoms with Crippen molar-refractivity contribution < 1.29 is 23.5 Å². The van der Waals surface area contributed by atoms with Crippen LogP contribution in [-0.4, -0.2) is 24.6 Å². The molecule has 132 valence electrons. The number of carbonyl (C=O) groups excluding carboxylic acids is 2. The van der Waals surface area contributed by atoms with E-state index in [-0.39, 0.29) is 12.3 Å². The average molecular weight is 345 g/mol. The molecule has 0 radical (unpaired) electrons. The molecule has 1 amide bonds. The highest BCUT2D eigenvalue weighted by atomic mass is 19.1. The summed E-state index contributed by atoms with van der Waals surface area (Å²) in [7, 11) is 0. The van der Waals surface area contributed by atoms with Gasteiger partial charge in [0.05, 0.1) is 5.69 Å². The van der Waals surface area contributed by atoms with Crippen molar-refractivity contribution >= 4 is 17.6 Å². The van der Waals surface area contributed by atoms with Gasteiger partial charge in [-0.1, -0.05) is 18.2 Å². The molecule has 2 rings (SSSR count). The van der Waals surface area contributed by atoms with E-state index < -0.39 is 23.8 Å². The zero-order valence-electron chi connectivity index (χ0n) is 14.3. The van der Waals surface area contributed by atoms with E-state index in [4.69, 9.17) is 9.47 Å². The summed E-state index contributed by atoms with van der Waals surface area (Å²) in [6.07, 6.45) is -1.07. The molecular weight excluding hydrogens is 325 g/mol. The molecule has 0 saturated heterocycles. The topological polar surface area (TPSA) is 64.6 Å². The average Bonchev–Trinajstić information content (AvgIpc) is 2.54. The van der Waals surface area contributed by atoms with Crippen LogP contribution in [0.1, 0.15) is 18.1 Å². The number of esters is 1. The Labute approximate surface area is 145 Å². The van der Waals surface area contributed by atoms with E-state index in [9.17, 15) is 14.0 Å². The van der Waals surface area contributed by atoms with Crippen LogP contribution in [0.4, 0.5) is 10.1 Å². The van der Waals surface area contributed by atoms with Crippen molar-refractivity contribution in [2.24, 2.45) is 0 Å². The summed E-state index contributed by atoms with van der Waals surface area (Å²) in [5, 5.41) is 2.37. The molecule has 1 atom stereocenters. The molecule has 5 nitrogen and oxygen atoms in total. The fourth-order valence-electron chi connectivity index (χ4n) is 2.24. The van der Waals surface area contributed by atoms with Crippen molar-refractivity contribution in [1.82, 2.24) is 0 Å². The van der Waals surface area contributed by atoms with Crippen LogP contribution in [-0.2, 0) is 14.3 Å². The molecule has 0 fully saturated rings. The molecule has 0 aliphatic rings. The van der Waals surface area contributed by atoms with E-state index in [1.54, 1.807) is 18.2 Å². The first-order valence-corrected chi connectivity index (χ1v) is 7.81. The number of carbonyl (C=O) groups is 2. The number of halogens is 1. The third kappa shape index (κ3) is 5.60. The molecule has 25 heavy (non-hydrogen) atoms. The quantitative estimate of drug-likeness (QED) is 0.815. The Balaban J connectivity index is 1.85. The van der Waals surface area contributed by atoms with Crippen LogP contribution in [0, 0.1) is 19.7 Å². The van der Waals surface area contributed by atoms with Gasteiger partial charge in [-0.15, -0.1) is 0 Å². The van der Waals surface area contributed by atoms with Crippen LogP contribution in [0.25, 0.3) is 0 Å². The number of ether oxygens (including phenoxy) is 2. The highest BCUT2D eigenvalue weighted by molar-refractivity contribution is 5.95. The molecule has 0 saturated carbocycles. The van der Waals surface area contributed by atoms with Crippen molar-refractivity contribution in [3.8, 4) is 5.75 Å². The molecule has 0 aliphatic heterocycles. The molecule has 1 N–H and O–H groups in total. The van der Waals surface area contributed by atoms with Crippen LogP contribution in [0.15, 0.2) is 42.5 Å². The predicted molar refractivity (Wildman–Crippen MR) is 92.0 cm³/mol. The second kappa shape index (κ2) is 8.28. The first kappa shape index (κ1) is 18.4. The molecular formula is C19H20FNO4. The number of para-hydroxylation sites is 1. The van der Waals surface area contributed by atoms with E-state index in [1.807, 2.05) is 19.9 Å². The van der Waals surface area contributed by atoms with Crippen molar-refractivity contribution in [3.05, 3.63) is 59.4 Å². The Morgan fingerprint density at radius 1 is 1.12 bits per heavy atom. The summed E-state index contributed by atoms with van der Waals surface area (Å²) < 4.78 is 23.9. The highest BCUT2D eigenvalue weighted by Crippen LogP contribution is 2.16. The zero-order valence-corrected chi connectivity index (χ0v) is 14.3. The van der Waals surface area contributed by atoms with Gasteiger partial charge < -0.3 is 14.8 Å². The van der Waals surface area contributed by atoms with E-state index in [2.05, 4.69) is 5.32 Å². The molecule has 0 aliphatic carbocycles. The fourth-order valence-corrected chi connectivity index (χ4v) is 2.24. The van der Waals surface area contributed by atoms with Gasteiger partial charge in [0.15, 0.2) is 12.7 Å². The Hall–Kier alpha value is -2.89. The van der Waals surface area contributed by atoms with Gasteiger partial charge in [0.25, 0.3) is 5.91 Å². The van der Waals surface area contributed by atoms with Gasteiger partial charge in [0.1, 0.15) is 11.6 Å². The Morgan fingerprint density at radius 2 is 1.76 bits per heavy atom. The molecule has 2 aromatic rings. The summed E-state index contributed by atoms with van der Waals surface area (Å²) in [6.45, 7) is 4.94. The summed E-state index contributed by atoms with van der Waals surface area (Å²) in [6, 6.07) is 11.3. The number of hydrogen-bond acceptors (Lipinski definition) is 4. The largest absolute Gasteiger partial charge is 0.482 e. The standard InChI is InChI=1S/C19H20FNO4/c1-12-8-13(2)10-15(9-12)24-11-18(22)25-14(3)19(23)21-17-7-5-4-6-16(17)20/h4-10,14H,11H2,1-3H3,(H,21,23)/t14-/m0/s1. The smallest absolute Gasteiger partial charge is 0.344 e. The van der Waals surface area contributed by atoms with E-state index >= 15 is 0 Å². The van der Waals surface area contributed by atoms with Gasteiger partial charge in [0, 0.05) is 0 Å². The lowest BCUT2D eigenvalue weighted by molar-refractivity contribution is -0.155. The molecule has 6 heteroatoms. The number of nitrogens with one attached hydrogen (secondary N) is 1.